The van der Waals surface area contributed by atoms with Crippen molar-refractivity contribution in [2.75, 3.05) is 20.3 Å². The van der Waals surface area contributed by atoms with E-state index >= 15 is 0 Å². The number of aromatic nitrogens is 1. The number of pyridine rings is 1. The van der Waals surface area contributed by atoms with E-state index in [4.69, 9.17) is 26.8 Å². The fourth-order valence-electron chi connectivity index (χ4n) is 0.917. The lowest BCUT2D eigenvalue weighted by atomic mass is 10.3. The molecule has 4 nitrogen and oxygen atoms in total. The molecule has 78 valence electrons. The Kier molecular flexibility index (Phi) is 4.65. The zero-order chi connectivity index (χ0) is 10.4. The maximum atomic E-state index is 5.83. The molecule has 0 aliphatic rings. The van der Waals surface area contributed by atoms with Gasteiger partial charge in [-0.05, 0) is 6.07 Å². The quantitative estimate of drug-likeness (QED) is 0.752. The molecule has 0 fully saturated rings. The number of hydrogen-bond acceptors (Lipinski definition) is 4. The van der Waals surface area contributed by atoms with E-state index in [1.54, 1.807) is 19.2 Å². The number of methoxy groups -OCH3 is 1. The van der Waals surface area contributed by atoms with E-state index in [-0.39, 0.29) is 0 Å². The second kappa shape index (κ2) is 5.80. The van der Waals surface area contributed by atoms with Crippen LogP contribution in [0.25, 0.3) is 0 Å². The lowest BCUT2D eigenvalue weighted by Crippen LogP contribution is -2.07. The van der Waals surface area contributed by atoms with E-state index in [2.05, 4.69) is 4.98 Å². The summed E-state index contributed by atoms with van der Waals surface area (Å²) in [6, 6.07) is 3.43. The average Bonchev–Trinajstić information content (AvgIpc) is 2.21. The van der Waals surface area contributed by atoms with Crippen molar-refractivity contribution in [2.45, 2.75) is 6.54 Å². The van der Waals surface area contributed by atoms with Gasteiger partial charge in [0.05, 0.1) is 17.3 Å². The minimum absolute atomic E-state index is 0.306. The first-order chi connectivity index (χ1) is 6.77. The van der Waals surface area contributed by atoms with Crippen LogP contribution in [-0.4, -0.2) is 25.3 Å². The third-order valence-electron chi connectivity index (χ3n) is 1.62. The molecule has 0 aliphatic carbocycles. The number of nitrogens with two attached hydrogens (primary N) is 1. The fraction of sp³-hybridized carbons (Fsp3) is 0.444. The monoisotopic (exact) mass is 216 g/mol. The van der Waals surface area contributed by atoms with Gasteiger partial charge in [0.1, 0.15) is 6.61 Å². The van der Waals surface area contributed by atoms with Crippen molar-refractivity contribution in [2.24, 2.45) is 5.73 Å². The highest BCUT2D eigenvalue weighted by atomic mass is 35.5. The summed E-state index contributed by atoms with van der Waals surface area (Å²) in [5.74, 6) is 0.520. The summed E-state index contributed by atoms with van der Waals surface area (Å²) in [7, 11) is 1.62. The Morgan fingerprint density at radius 3 is 2.86 bits per heavy atom. The van der Waals surface area contributed by atoms with E-state index in [1.165, 1.54) is 0 Å². The van der Waals surface area contributed by atoms with Gasteiger partial charge in [-0.25, -0.2) is 4.98 Å². The van der Waals surface area contributed by atoms with Crippen LogP contribution in [0.5, 0.6) is 5.88 Å². The topological polar surface area (TPSA) is 57.4 Å². The largest absolute Gasteiger partial charge is 0.475 e. The molecule has 0 aromatic carbocycles. The molecular formula is C9H13ClN2O2. The van der Waals surface area contributed by atoms with E-state index in [0.29, 0.717) is 36.4 Å². The highest BCUT2D eigenvalue weighted by Gasteiger charge is 2.02. The molecule has 0 aliphatic heterocycles. The Labute approximate surface area is 88.0 Å². The van der Waals surface area contributed by atoms with Gasteiger partial charge in [0.15, 0.2) is 0 Å². The molecule has 1 aromatic rings. The SMILES string of the molecule is COCCOc1ccc(Cl)c(CN)n1. The Morgan fingerprint density at radius 1 is 1.43 bits per heavy atom. The van der Waals surface area contributed by atoms with Gasteiger partial charge in [-0.15, -0.1) is 0 Å². The molecule has 1 aromatic heterocycles. The Balaban J connectivity index is 2.60. The molecule has 0 amide bonds. The van der Waals surface area contributed by atoms with Crippen LogP contribution in [0.4, 0.5) is 0 Å². The van der Waals surface area contributed by atoms with Crippen LogP contribution in [0, 0.1) is 0 Å². The van der Waals surface area contributed by atoms with Crippen molar-refractivity contribution in [1.29, 1.82) is 0 Å². The predicted octanol–water partition coefficient (Wildman–Crippen LogP) is 1.22. The maximum Gasteiger partial charge on any atom is 0.213 e. The Bertz CT molecular complexity index is 294. The first kappa shape index (κ1) is 11.2. The van der Waals surface area contributed by atoms with Gasteiger partial charge in [-0.2, -0.15) is 0 Å². The summed E-state index contributed by atoms with van der Waals surface area (Å²) in [5, 5.41) is 0.562. The van der Waals surface area contributed by atoms with E-state index in [9.17, 15) is 0 Å². The molecule has 0 radical (unpaired) electrons. The van der Waals surface area contributed by atoms with Gasteiger partial charge < -0.3 is 15.2 Å². The highest BCUT2D eigenvalue weighted by molar-refractivity contribution is 6.31. The third-order valence-corrected chi connectivity index (χ3v) is 1.97. The molecule has 1 heterocycles. The van der Waals surface area contributed by atoms with Crippen LogP contribution in [0.3, 0.4) is 0 Å². The van der Waals surface area contributed by atoms with E-state index < -0.39 is 0 Å². The van der Waals surface area contributed by atoms with Crippen LogP contribution >= 0.6 is 11.6 Å². The summed E-state index contributed by atoms with van der Waals surface area (Å²) in [6.45, 7) is 1.30. The minimum Gasteiger partial charge on any atom is -0.475 e. The van der Waals surface area contributed by atoms with E-state index in [1.807, 2.05) is 0 Å². The number of halogens is 1. The van der Waals surface area contributed by atoms with E-state index in [0.717, 1.165) is 0 Å². The number of rotatable bonds is 5. The Morgan fingerprint density at radius 2 is 2.21 bits per heavy atom. The van der Waals surface area contributed by atoms with Crippen molar-refractivity contribution in [3.8, 4) is 5.88 Å². The van der Waals surface area contributed by atoms with Crippen LogP contribution in [0.1, 0.15) is 5.69 Å². The summed E-state index contributed by atoms with van der Waals surface area (Å²) in [4.78, 5) is 4.13. The summed E-state index contributed by atoms with van der Waals surface area (Å²) in [5.41, 5.74) is 6.09. The van der Waals surface area contributed by atoms with Crippen LogP contribution < -0.4 is 10.5 Å². The van der Waals surface area contributed by atoms with Crippen LogP contribution in [0.2, 0.25) is 5.02 Å². The Hall–Kier alpha value is -0.840. The second-order valence-corrected chi connectivity index (χ2v) is 3.03. The fourth-order valence-corrected chi connectivity index (χ4v) is 1.10. The zero-order valence-corrected chi connectivity index (χ0v) is 8.75. The van der Waals surface area contributed by atoms with Gasteiger partial charge in [0.25, 0.3) is 0 Å². The molecule has 1 rings (SSSR count). The first-order valence-corrected chi connectivity index (χ1v) is 4.63. The smallest absolute Gasteiger partial charge is 0.213 e. The molecule has 0 saturated heterocycles. The zero-order valence-electron chi connectivity index (χ0n) is 8.00. The lowest BCUT2D eigenvalue weighted by Gasteiger charge is -2.06. The molecule has 5 heteroatoms. The predicted molar refractivity (Wildman–Crippen MR) is 54.5 cm³/mol. The summed E-state index contributed by atoms with van der Waals surface area (Å²) < 4.78 is 10.1. The minimum atomic E-state index is 0.306. The molecule has 0 unspecified atom stereocenters. The molecule has 14 heavy (non-hydrogen) atoms. The van der Waals surface area contributed by atoms with Crippen LogP contribution in [0.15, 0.2) is 12.1 Å². The maximum absolute atomic E-state index is 5.83. The lowest BCUT2D eigenvalue weighted by molar-refractivity contribution is 0.143. The number of hydrogen-bond donors (Lipinski definition) is 1. The molecule has 0 atom stereocenters. The van der Waals surface area contributed by atoms with Crippen molar-refractivity contribution >= 4 is 11.6 Å². The van der Waals surface area contributed by atoms with Crippen molar-refractivity contribution in [1.82, 2.24) is 4.98 Å². The van der Waals surface area contributed by atoms with Gasteiger partial charge >= 0.3 is 0 Å². The summed E-state index contributed by atoms with van der Waals surface area (Å²) in [6.07, 6.45) is 0. The summed E-state index contributed by atoms with van der Waals surface area (Å²) >= 11 is 5.83. The first-order valence-electron chi connectivity index (χ1n) is 4.25. The standard InChI is InChI=1S/C9H13ClN2O2/c1-13-4-5-14-9-3-2-7(10)8(6-11)12-9/h2-3H,4-6,11H2,1H3. The number of nitrogens with zero attached hydrogens (tertiary/aromatic N) is 1. The molecular weight excluding hydrogens is 204 g/mol. The third kappa shape index (κ3) is 3.14. The van der Waals surface area contributed by atoms with Crippen molar-refractivity contribution in [3.05, 3.63) is 22.8 Å². The van der Waals surface area contributed by atoms with Crippen molar-refractivity contribution < 1.29 is 9.47 Å². The number of ether oxygens (including phenoxy) is 2. The average molecular weight is 217 g/mol. The molecule has 0 spiro atoms. The second-order valence-electron chi connectivity index (χ2n) is 2.62. The van der Waals surface area contributed by atoms with Gasteiger partial charge in [0.2, 0.25) is 5.88 Å². The van der Waals surface area contributed by atoms with Crippen molar-refractivity contribution in [3.63, 3.8) is 0 Å². The van der Waals surface area contributed by atoms with Crippen LogP contribution in [-0.2, 0) is 11.3 Å². The molecule has 0 saturated carbocycles. The highest BCUT2D eigenvalue weighted by Crippen LogP contribution is 2.17. The molecule has 0 bridgehead atoms. The normalized spacial score (nSPS) is 10.2. The van der Waals surface area contributed by atoms with Gasteiger partial charge in [-0.1, -0.05) is 11.6 Å². The van der Waals surface area contributed by atoms with Gasteiger partial charge in [0, 0.05) is 19.7 Å². The molecule has 2 N–H and O–H groups in total. The van der Waals surface area contributed by atoms with Gasteiger partial charge in [-0.3, -0.25) is 0 Å².